The number of anilines is 1. The molecule has 0 N–H and O–H groups in total. The number of urea groups is 1. The van der Waals surface area contributed by atoms with Gasteiger partial charge in [-0.25, -0.2) is 14.2 Å². The zero-order valence-corrected chi connectivity index (χ0v) is 18.4. The molecule has 0 bridgehead atoms. The fourth-order valence-corrected chi connectivity index (χ4v) is 4.80. The molecule has 1 aliphatic heterocycles. The number of hydrogen-bond acceptors (Lipinski definition) is 6. The molecule has 0 spiro atoms. The Bertz CT molecular complexity index is 1110. The molecule has 162 valence electrons. The van der Waals surface area contributed by atoms with Crippen molar-refractivity contribution >= 4 is 28.3 Å². The molecule has 3 heterocycles. The number of carbonyl (C=O) groups excluding carboxylic acids is 2. The zero-order valence-electron chi connectivity index (χ0n) is 17.6. The van der Waals surface area contributed by atoms with Crippen LogP contribution in [0.1, 0.15) is 45.7 Å². The number of ketones is 1. The number of rotatable bonds is 7. The van der Waals surface area contributed by atoms with Gasteiger partial charge in [-0.2, -0.15) is 0 Å². The standard InChI is InChI=1S/C22H23FN4O3S/c1-13-11-26(12-16-4-6-17(23)7-5-16)22(29)27(13)21-24-15(3)20(31-21)19(28)9-8-18-10-14(2)30-25-18/h4-7,10,13H,8-9,11-12H2,1-3H3/t13-/m0/s1. The molecule has 9 heteroatoms. The van der Waals surface area contributed by atoms with Gasteiger partial charge in [0.2, 0.25) is 0 Å². The fraction of sp³-hybridized carbons (Fsp3) is 0.364. The van der Waals surface area contributed by atoms with E-state index in [1.165, 1.54) is 23.5 Å². The summed E-state index contributed by atoms with van der Waals surface area (Å²) in [5.74, 6) is 0.385. The van der Waals surface area contributed by atoms with Crippen LogP contribution in [-0.4, -0.2) is 39.4 Å². The van der Waals surface area contributed by atoms with Crippen molar-refractivity contribution in [1.82, 2.24) is 15.0 Å². The second kappa shape index (κ2) is 8.58. The summed E-state index contributed by atoms with van der Waals surface area (Å²) in [6.45, 7) is 6.48. The minimum atomic E-state index is -0.305. The Balaban J connectivity index is 1.45. The largest absolute Gasteiger partial charge is 0.361 e. The molecule has 1 atom stereocenters. The lowest BCUT2D eigenvalue weighted by atomic mass is 10.1. The lowest BCUT2D eigenvalue weighted by Crippen LogP contribution is -2.33. The number of thiazole rings is 1. The maximum atomic E-state index is 13.1. The van der Waals surface area contributed by atoms with Gasteiger partial charge in [0.25, 0.3) is 0 Å². The van der Waals surface area contributed by atoms with E-state index in [1.807, 2.05) is 19.9 Å². The maximum Gasteiger partial charge on any atom is 0.326 e. The predicted molar refractivity (Wildman–Crippen MR) is 115 cm³/mol. The number of aryl methyl sites for hydroxylation is 3. The number of aromatic nitrogens is 2. The van der Waals surface area contributed by atoms with Crippen LogP contribution in [0.25, 0.3) is 0 Å². The van der Waals surface area contributed by atoms with Gasteiger partial charge < -0.3 is 9.42 Å². The number of carbonyl (C=O) groups is 2. The van der Waals surface area contributed by atoms with Crippen molar-refractivity contribution in [3.63, 3.8) is 0 Å². The van der Waals surface area contributed by atoms with Crippen LogP contribution in [0.5, 0.6) is 0 Å². The second-order valence-electron chi connectivity index (χ2n) is 7.77. The third-order valence-electron chi connectivity index (χ3n) is 5.22. The van der Waals surface area contributed by atoms with Gasteiger partial charge >= 0.3 is 6.03 Å². The Morgan fingerprint density at radius 3 is 2.71 bits per heavy atom. The molecule has 0 aliphatic carbocycles. The monoisotopic (exact) mass is 442 g/mol. The fourth-order valence-electron chi connectivity index (χ4n) is 3.67. The van der Waals surface area contributed by atoms with Gasteiger partial charge in [-0.1, -0.05) is 28.6 Å². The molecule has 1 aliphatic rings. The van der Waals surface area contributed by atoms with Crippen molar-refractivity contribution in [2.24, 2.45) is 0 Å². The summed E-state index contributed by atoms with van der Waals surface area (Å²) in [5.41, 5.74) is 2.23. The number of halogens is 1. The topological polar surface area (TPSA) is 79.5 Å². The molecule has 2 amide bonds. The van der Waals surface area contributed by atoms with E-state index in [4.69, 9.17) is 4.52 Å². The Hall–Kier alpha value is -3.07. The van der Waals surface area contributed by atoms with Gasteiger partial charge in [-0.05, 0) is 38.5 Å². The number of hydrogen-bond donors (Lipinski definition) is 0. The van der Waals surface area contributed by atoms with Gasteiger partial charge in [-0.3, -0.25) is 9.69 Å². The molecule has 0 saturated carbocycles. The average Bonchev–Trinajstić information content (AvgIpc) is 3.39. The van der Waals surface area contributed by atoms with E-state index in [0.717, 1.165) is 11.3 Å². The average molecular weight is 443 g/mol. The summed E-state index contributed by atoms with van der Waals surface area (Å²) in [6.07, 6.45) is 0.794. The van der Waals surface area contributed by atoms with E-state index < -0.39 is 0 Å². The molecular weight excluding hydrogens is 419 g/mol. The van der Waals surface area contributed by atoms with Crippen LogP contribution in [-0.2, 0) is 13.0 Å². The molecule has 7 nitrogen and oxygen atoms in total. The molecular formula is C22H23FN4O3S. The number of nitrogens with zero attached hydrogens (tertiary/aromatic N) is 4. The third kappa shape index (κ3) is 4.51. The Kier molecular flexibility index (Phi) is 5.86. The normalized spacial score (nSPS) is 16.4. The van der Waals surface area contributed by atoms with Crippen LogP contribution in [0.3, 0.4) is 0 Å². The van der Waals surface area contributed by atoms with Crippen LogP contribution in [0, 0.1) is 19.7 Å². The van der Waals surface area contributed by atoms with Crippen molar-refractivity contribution in [1.29, 1.82) is 0 Å². The van der Waals surface area contributed by atoms with Crippen molar-refractivity contribution in [3.8, 4) is 0 Å². The highest BCUT2D eigenvalue weighted by Gasteiger charge is 2.37. The highest BCUT2D eigenvalue weighted by atomic mass is 32.1. The highest BCUT2D eigenvalue weighted by Crippen LogP contribution is 2.32. The van der Waals surface area contributed by atoms with Gasteiger partial charge in [0.05, 0.1) is 22.3 Å². The molecule has 3 aromatic rings. The first kappa shape index (κ1) is 21.2. The first-order valence-electron chi connectivity index (χ1n) is 10.1. The summed E-state index contributed by atoms with van der Waals surface area (Å²) in [7, 11) is 0. The molecule has 0 unspecified atom stereocenters. The van der Waals surface area contributed by atoms with Crippen molar-refractivity contribution in [3.05, 3.63) is 63.7 Å². The van der Waals surface area contributed by atoms with Gasteiger partial charge in [0, 0.05) is 32.0 Å². The van der Waals surface area contributed by atoms with Crippen LogP contribution in [0.2, 0.25) is 0 Å². The van der Waals surface area contributed by atoms with Gasteiger partial charge in [-0.15, -0.1) is 0 Å². The van der Waals surface area contributed by atoms with Gasteiger partial charge in [0.1, 0.15) is 11.6 Å². The SMILES string of the molecule is Cc1cc(CCC(=O)c2sc(N3C(=O)N(Cc4ccc(F)cc4)C[C@@H]3C)nc2C)no1. The summed E-state index contributed by atoms with van der Waals surface area (Å²) >= 11 is 1.25. The Morgan fingerprint density at radius 2 is 2.03 bits per heavy atom. The minimum absolute atomic E-state index is 0.0237. The van der Waals surface area contributed by atoms with E-state index >= 15 is 0 Å². The Labute approximate surface area is 183 Å². The molecule has 1 saturated heterocycles. The van der Waals surface area contributed by atoms with E-state index in [9.17, 15) is 14.0 Å². The number of amides is 2. The van der Waals surface area contributed by atoms with Crippen molar-refractivity contribution in [2.45, 2.75) is 46.2 Å². The maximum absolute atomic E-state index is 13.1. The molecule has 31 heavy (non-hydrogen) atoms. The van der Waals surface area contributed by atoms with Crippen LogP contribution >= 0.6 is 11.3 Å². The van der Waals surface area contributed by atoms with E-state index in [-0.39, 0.29) is 23.7 Å². The summed E-state index contributed by atoms with van der Waals surface area (Å²) < 4.78 is 18.2. The first-order chi connectivity index (χ1) is 14.8. The predicted octanol–water partition coefficient (Wildman–Crippen LogP) is 4.53. The Morgan fingerprint density at radius 1 is 1.29 bits per heavy atom. The van der Waals surface area contributed by atoms with Crippen molar-refractivity contribution < 1.29 is 18.5 Å². The van der Waals surface area contributed by atoms with E-state index in [0.29, 0.717) is 47.4 Å². The lowest BCUT2D eigenvalue weighted by Gasteiger charge is -2.17. The highest BCUT2D eigenvalue weighted by molar-refractivity contribution is 7.17. The van der Waals surface area contributed by atoms with Crippen molar-refractivity contribution in [2.75, 3.05) is 11.4 Å². The summed E-state index contributed by atoms with van der Waals surface area (Å²) in [6, 6.07) is 7.70. The summed E-state index contributed by atoms with van der Waals surface area (Å²) in [5, 5.41) is 4.45. The second-order valence-corrected chi connectivity index (χ2v) is 8.75. The third-order valence-corrected chi connectivity index (χ3v) is 6.42. The molecule has 1 aromatic carbocycles. The summed E-state index contributed by atoms with van der Waals surface area (Å²) in [4.78, 5) is 34.2. The first-order valence-corrected chi connectivity index (χ1v) is 10.9. The van der Waals surface area contributed by atoms with E-state index in [1.54, 1.807) is 28.9 Å². The van der Waals surface area contributed by atoms with E-state index in [2.05, 4.69) is 10.1 Å². The lowest BCUT2D eigenvalue weighted by molar-refractivity contribution is 0.0985. The quantitative estimate of drug-likeness (QED) is 0.502. The van der Waals surface area contributed by atoms with Crippen LogP contribution < -0.4 is 4.90 Å². The van der Waals surface area contributed by atoms with Gasteiger partial charge in [0.15, 0.2) is 10.9 Å². The van der Waals surface area contributed by atoms with Crippen LogP contribution in [0.15, 0.2) is 34.9 Å². The molecule has 4 rings (SSSR count). The molecule has 0 radical (unpaired) electrons. The zero-order chi connectivity index (χ0) is 22.1. The molecule has 2 aromatic heterocycles. The number of Topliss-reactive ketones (excluding diaryl/α,β-unsaturated/α-hetero) is 1. The minimum Gasteiger partial charge on any atom is -0.361 e. The number of benzene rings is 1. The smallest absolute Gasteiger partial charge is 0.326 e. The van der Waals surface area contributed by atoms with Crippen LogP contribution in [0.4, 0.5) is 14.3 Å². The molecule has 1 fully saturated rings.